The van der Waals surface area contributed by atoms with Gasteiger partial charge >= 0.3 is 6.85 Å². The maximum absolute atomic E-state index is 6.95. The second-order valence-corrected chi connectivity index (χ2v) is 27.9. The molecule has 0 saturated heterocycles. The summed E-state index contributed by atoms with van der Waals surface area (Å²) in [6.45, 7) is 38.9. The lowest BCUT2D eigenvalue weighted by Crippen LogP contribution is -2.61. The summed E-state index contributed by atoms with van der Waals surface area (Å²) >= 11 is 0. The fraction of sp³-hybridized carbons (Fsp3) is 0.400. The van der Waals surface area contributed by atoms with Crippen molar-refractivity contribution in [3.8, 4) is 22.3 Å². The zero-order valence-electron chi connectivity index (χ0n) is 47.4. The number of nitrogens with zero attached hydrogens (tertiary/aromatic N) is 2. The van der Waals surface area contributed by atoms with Gasteiger partial charge in [0.25, 0.3) is 0 Å². The number of anilines is 5. The largest absolute Gasteiger partial charge is 0.456 e. The van der Waals surface area contributed by atoms with Crippen LogP contribution in [0.2, 0.25) is 0 Å². The average Bonchev–Trinajstić information content (AvgIpc) is 3.74. The molecule has 3 heterocycles. The molecule has 0 amide bonds. The van der Waals surface area contributed by atoms with Crippen LogP contribution in [-0.2, 0) is 32.5 Å². The molecule has 0 radical (unpaired) electrons. The van der Waals surface area contributed by atoms with Crippen LogP contribution in [0.5, 0.6) is 0 Å². The van der Waals surface area contributed by atoms with E-state index in [1.165, 1.54) is 135 Å². The van der Waals surface area contributed by atoms with Crippen LogP contribution < -0.4 is 20.6 Å². The third kappa shape index (κ3) is 6.70. The van der Waals surface area contributed by atoms with Gasteiger partial charge in [-0.1, -0.05) is 137 Å². The summed E-state index contributed by atoms with van der Waals surface area (Å²) < 4.78 is 6.95. The van der Waals surface area contributed by atoms with Gasteiger partial charge in [0.05, 0.1) is 11.1 Å². The lowest BCUT2D eigenvalue weighted by molar-refractivity contribution is 0.332. The number of rotatable bonds is 3. The lowest BCUT2D eigenvalue weighted by Gasteiger charge is -2.49. The van der Waals surface area contributed by atoms with Crippen LogP contribution in [0, 0.1) is 27.7 Å². The van der Waals surface area contributed by atoms with Crippen molar-refractivity contribution in [2.75, 3.05) is 9.71 Å². The van der Waals surface area contributed by atoms with Gasteiger partial charge in [-0.15, -0.1) is 0 Å². The SMILES string of the molecule is Cc1cc(C)c(-c2cc3c4c(c2)N(c2cc5c(cc2C)C(C)(C)CCC5(C)C)c2c(ccc5oc6ccccc6c25)B4N(c2ccc4c(c2)C(C)(C)CCC4(C)C)c2cc4c(cc2-3)C(C)(C)CCC4(C)C)c(C)c1. The summed E-state index contributed by atoms with van der Waals surface area (Å²) in [7, 11) is 0. The smallest absolute Gasteiger partial charge is 0.333 e. The van der Waals surface area contributed by atoms with Crippen molar-refractivity contribution in [1.29, 1.82) is 0 Å². The zero-order chi connectivity index (χ0) is 52.1. The van der Waals surface area contributed by atoms with E-state index in [1.54, 1.807) is 0 Å². The van der Waals surface area contributed by atoms with E-state index < -0.39 is 0 Å². The molecule has 0 fully saturated rings. The predicted molar refractivity (Wildman–Crippen MR) is 318 cm³/mol. The molecule has 8 aromatic rings. The van der Waals surface area contributed by atoms with E-state index in [1.807, 2.05) is 0 Å². The van der Waals surface area contributed by atoms with Gasteiger partial charge in [0.1, 0.15) is 11.2 Å². The Morgan fingerprint density at radius 2 is 0.986 bits per heavy atom. The second-order valence-electron chi connectivity index (χ2n) is 27.9. The summed E-state index contributed by atoms with van der Waals surface area (Å²) in [4.78, 5) is 5.55. The van der Waals surface area contributed by atoms with Crippen molar-refractivity contribution in [1.82, 2.24) is 0 Å². The van der Waals surface area contributed by atoms with Crippen molar-refractivity contribution in [2.24, 2.45) is 0 Å². The number of furan rings is 1. The molecule has 376 valence electrons. The highest BCUT2D eigenvalue weighted by molar-refractivity contribution is 6.94. The molecular formula is C70H77BN2O. The van der Waals surface area contributed by atoms with Crippen LogP contribution in [0.1, 0.15) is 177 Å². The molecule has 0 saturated carbocycles. The van der Waals surface area contributed by atoms with Gasteiger partial charge in [0, 0.05) is 33.7 Å². The van der Waals surface area contributed by atoms with Crippen molar-refractivity contribution >= 4 is 68.1 Å². The molecule has 0 N–H and O–H groups in total. The van der Waals surface area contributed by atoms with Crippen LogP contribution in [0.3, 0.4) is 0 Å². The Balaban J connectivity index is 1.23. The van der Waals surface area contributed by atoms with E-state index in [4.69, 9.17) is 4.42 Å². The Kier molecular flexibility index (Phi) is 9.88. The van der Waals surface area contributed by atoms with Crippen molar-refractivity contribution in [2.45, 2.75) is 182 Å². The zero-order valence-corrected chi connectivity index (χ0v) is 47.4. The average molecular weight is 973 g/mol. The Hall–Kier alpha value is -6.00. The summed E-state index contributed by atoms with van der Waals surface area (Å²) in [6.07, 6.45) is 7.00. The van der Waals surface area contributed by atoms with Crippen molar-refractivity contribution in [3.05, 3.63) is 159 Å². The maximum atomic E-state index is 6.95. The molecule has 0 bridgehead atoms. The predicted octanol–water partition coefficient (Wildman–Crippen LogP) is 18.2. The highest BCUT2D eigenvalue weighted by Gasteiger charge is 2.50. The van der Waals surface area contributed by atoms with E-state index >= 15 is 0 Å². The Morgan fingerprint density at radius 3 is 1.61 bits per heavy atom. The van der Waals surface area contributed by atoms with Gasteiger partial charge in [-0.25, -0.2) is 0 Å². The Morgan fingerprint density at radius 1 is 0.446 bits per heavy atom. The summed E-state index contributed by atoms with van der Waals surface area (Å²) in [6, 6.07) is 41.7. The van der Waals surface area contributed by atoms with Gasteiger partial charge in [0.15, 0.2) is 0 Å². The standard InChI is InChI=1S/C70H77BN2O/c1-40-31-42(3)61(43(4)32-40)44-34-48-47-37-52-54(70(15,16)30-28-68(52,11)12)39-57(47)73(45-21-22-49-51(36-45)67(9,10)26-25-65(49,5)6)71-55-23-24-60-62(46-19-17-18-20-59(46)74-60)64(55)72(58(35-44)63(48)71)56-38-53-50(33-41(56)2)66(7,8)27-29-69(53,13)14/h17-24,31-39H,25-30H2,1-16H3. The second kappa shape index (κ2) is 15.3. The molecule has 2 aliphatic heterocycles. The van der Waals surface area contributed by atoms with E-state index in [0.717, 1.165) is 42.2 Å². The highest BCUT2D eigenvalue weighted by atomic mass is 16.3. The number of hydrogen-bond donors (Lipinski definition) is 0. The summed E-state index contributed by atoms with van der Waals surface area (Å²) in [5.74, 6) is 0. The molecule has 7 aromatic carbocycles. The minimum atomic E-state index is -0.144. The molecule has 4 heteroatoms. The number of para-hydroxylation sites is 1. The minimum absolute atomic E-state index is 0.0183. The topological polar surface area (TPSA) is 19.6 Å². The number of aryl methyl sites for hydroxylation is 4. The van der Waals surface area contributed by atoms with Crippen LogP contribution in [0.15, 0.2) is 108 Å². The Bertz CT molecular complexity index is 3730. The molecule has 0 unspecified atom stereocenters. The van der Waals surface area contributed by atoms with Crippen LogP contribution in [0.25, 0.3) is 44.2 Å². The van der Waals surface area contributed by atoms with Gasteiger partial charge in [-0.2, -0.15) is 0 Å². The first-order valence-electron chi connectivity index (χ1n) is 28.1. The maximum Gasteiger partial charge on any atom is 0.333 e. The molecule has 3 nitrogen and oxygen atoms in total. The van der Waals surface area contributed by atoms with E-state index in [-0.39, 0.29) is 39.3 Å². The number of fused-ring (bicyclic) bond motifs is 11. The highest BCUT2D eigenvalue weighted by Crippen LogP contribution is 2.57. The van der Waals surface area contributed by atoms with E-state index in [2.05, 4.69) is 224 Å². The third-order valence-electron chi connectivity index (χ3n) is 20.0. The molecular weight excluding hydrogens is 896 g/mol. The molecule has 5 aliphatic rings. The molecule has 74 heavy (non-hydrogen) atoms. The van der Waals surface area contributed by atoms with E-state index in [0.29, 0.717) is 0 Å². The molecule has 3 aliphatic carbocycles. The molecule has 1 aromatic heterocycles. The normalized spacial score (nSPS) is 19.9. The molecule has 0 spiro atoms. The Labute approximate surface area is 442 Å². The van der Waals surface area contributed by atoms with Gasteiger partial charge in [-0.3, -0.25) is 0 Å². The number of hydrogen-bond acceptors (Lipinski definition) is 3. The molecule has 13 rings (SSSR count). The first kappa shape index (κ1) is 47.7. The fourth-order valence-electron chi connectivity index (χ4n) is 15.3. The fourth-order valence-corrected chi connectivity index (χ4v) is 15.3. The van der Waals surface area contributed by atoms with Crippen LogP contribution >= 0.6 is 0 Å². The van der Waals surface area contributed by atoms with Crippen LogP contribution in [-0.4, -0.2) is 6.85 Å². The lowest BCUT2D eigenvalue weighted by atomic mass is 9.43. The summed E-state index contributed by atoms with van der Waals surface area (Å²) in [5.41, 5.74) is 30.6. The van der Waals surface area contributed by atoms with Crippen LogP contribution in [0.4, 0.5) is 28.4 Å². The van der Waals surface area contributed by atoms with Crippen molar-refractivity contribution < 1.29 is 4.42 Å². The monoisotopic (exact) mass is 973 g/mol. The summed E-state index contributed by atoms with van der Waals surface area (Å²) in [5, 5.41) is 2.34. The number of benzene rings is 7. The third-order valence-corrected chi connectivity index (χ3v) is 20.0. The van der Waals surface area contributed by atoms with Gasteiger partial charge in [0.2, 0.25) is 0 Å². The molecule has 0 atom stereocenters. The first-order valence-corrected chi connectivity index (χ1v) is 28.1. The van der Waals surface area contributed by atoms with Crippen molar-refractivity contribution in [3.63, 3.8) is 0 Å². The van der Waals surface area contributed by atoms with Gasteiger partial charge in [-0.05, 0) is 231 Å². The minimum Gasteiger partial charge on any atom is -0.456 e. The van der Waals surface area contributed by atoms with E-state index in [9.17, 15) is 0 Å². The first-order chi connectivity index (χ1) is 34.8. The quantitative estimate of drug-likeness (QED) is 0.165. The van der Waals surface area contributed by atoms with Gasteiger partial charge < -0.3 is 14.1 Å².